The fourth-order valence-corrected chi connectivity index (χ4v) is 5.41. The average Bonchev–Trinajstić information content (AvgIpc) is 3.39. The molecule has 0 bridgehead atoms. The molecule has 1 unspecified atom stereocenters. The smallest absolute Gasteiger partial charge is 0.350 e. The molecule has 8 nitrogen and oxygen atoms in total. The number of hydrogen-bond acceptors (Lipinski definition) is 8. The maximum atomic E-state index is 13.4. The first-order valence-electron chi connectivity index (χ1n) is 12.1. The summed E-state index contributed by atoms with van der Waals surface area (Å²) < 4.78 is 10.8. The van der Waals surface area contributed by atoms with Crippen LogP contribution in [0.25, 0.3) is 5.76 Å². The number of carbonyl (C=O) groups excluding carboxylic acids is 3. The van der Waals surface area contributed by atoms with E-state index in [4.69, 9.17) is 21.1 Å². The van der Waals surface area contributed by atoms with Gasteiger partial charge in [0.05, 0.1) is 30.5 Å². The van der Waals surface area contributed by atoms with E-state index in [0.717, 1.165) is 23.3 Å². The van der Waals surface area contributed by atoms with Crippen molar-refractivity contribution in [1.82, 2.24) is 4.98 Å². The lowest BCUT2D eigenvalue weighted by Gasteiger charge is -2.23. The van der Waals surface area contributed by atoms with E-state index in [-0.39, 0.29) is 27.9 Å². The molecule has 1 amide bonds. The number of ketones is 1. The van der Waals surface area contributed by atoms with Crippen LogP contribution in [0.5, 0.6) is 5.75 Å². The number of aliphatic hydroxyl groups is 1. The number of aromatic nitrogens is 1. The minimum Gasteiger partial charge on any atom is -0.507 e. The zero-order valence-electron chi connectivity index (χ0n) is 21.4. The number of halogens is 1. The number of anilines is 1. The Labute approximate surface area is 229 Å². The Morgan fingerprint density at radius 3 is 2.58 bits per heavy atom. The van der Waals surface area contributed by atoms with Gasteiger partial charge in [0.15, 0.2) is 5.13 Å². The molecule has 10 heteroatoms. The van der Waals surface area contributed by atoms with Crippen molar-refractivity contribution in [2.75, 3.05) is 18.1 Å². The van der Waals surface area contributed by atoms with Crippen molar-refractivity contribution in [2.24, 2.45) is 0 Å². The second-order valence-electron chi connectivity index (χ2n) is 8.68. The zero-order chi connectivity index (χ0) is 27.6. The molecular weight excluding hydrogens is 528 g/mol. The molecule has 1 aliphatic heterocycles. The van der Waals surface area contributed by atoms with Gasteiger partial charge in [0.1, 0.15) is 16.4 Å². The van der Waals surface area contributed by atoms with Crippen molar-refractivity contribution in [3.63, 3.8) is 0 Å². The lowest BCUT2D eigenvalue weighted by atomic mass is 9.95. The number of aliphatic hydroxyl groups excluding tert-OH is 1. The number of rotatable bonds is 8. The maximum absolute atomic E-state index is 13.4. The molecule has 1 saturated heterocycles. The molecule has 1 N–H and O–H groups in total. The number of Topliss-reactive ketones (excluding diaryl/α,β-unsaturated/α-hetero) is 1. The van der Waals surface area contributed by atoms with Crippen molar-refractivity contribution in [2.45, 2.75) is 40.2 Å². The Kier molecular flexibility index (Phi) is 8.18. The van der Waals surface area contributed by atoms with E-state index in [2.05, 4.69) is 4.98 Å². The summed E-state index contributed by atoms with van der Waals surface area (Å²) in [7, 11) is 0. The summed E-state index contributed by atoms with van der Waals surface area (Å²) in [5.74, 6) is -1.98. The maximum Gasteiger partial charge on any atom is 0.350 e. The van der Waals surface area contributed by atoms with E-state index >= 15 is 0 Å². The normalized spacial score (nSPS) is 16.7. The topological polar surface area (TPSA) is 106 Å². The predicted molar refractivity (Wildman–Crippen MR) is 146 cm³/mol. The molecular formula is C28H27ClN2O6S. The third-order valence-electron chi connectivity index (χ3n) is 5.97. The van der Waals surface area contributed by atoms with Crippen LogP contribution in [0.1, 0.15) is 58.4 Å². The number of thiazole rings is 1. The predicted octanol–water partition coefficient (Wildman–Crippen LogP) is 6.01. The van der Waals surface area contributed by atoms with Crippen LogP contribution in [0.4, 0.5) is 5.13 Å². The molecule has 4 rings (SSSR count). The number of carbonyl (C=O) groups is 3. The van der Waals surface area contributed by atoms with Crippen molar-refractivity contribution in [1.29, 1.82) is 0 Å². The van der Waals surface area contributed by atoms with E-state index < -0.39 is 23.7 Å². The highest BCUT2D eigenvalue weighted by Gasteiger charge is 2.48. The van der Waals surface area contributed by atoms with Crippen LogP contribution in [-0.4, -0.2) is 41.0 Å². The van der Waals surface area contributed by atoms with E-state index in [1.165, 1.54) is 4.90 Å². The highest BCUT2D eigenvalue weighted by molar-refractivity contribution is 7.17. The Morgan fingerprint density at radius 2 is 1.92 bits per heavy atom. The molecule has 2 aromatic carbocycles. The van der Waals surface area contributed by atoms with Gasteiger partial charge in [-0.05, 0) is 68.7 Å². The summed E-state index contributed by atoms with van der Waals surface area (Å²) in [6.45, 7) is 7.89. The lowest BCUT2D eigenvalue weighted by molar-refractivity contribution is -0.132. The number of amides is 1. The third-order valence-corrected chi connectivity index (χ3v) is 7.34. The summed E-state index contributed by atoms with van der Waals surface area (Å²) in [6.07, 6.45) is 0.846. The molecule has 0 spiro atoms. The van der Waals surface area contributed by atoms with Gasteiger partial charge < -0.3 is 14.6 Å². The number of aryl methyl sites for hydroxylation is 2. The Bertz CT molecular complexity index is 1450. The van der Waals surface area contributed by atoms with Crippen LogP contribution < -0.4 is 9.64 Å². The summed E-state index contributed by atoms with van der Waals surface area (Å²) in [4.78, 5) is 45.1. The number of esters is 1. The first kappa shape index (κ1) is 27.3. The Hall–Kier alpha value is -3.69. The summed E-state index contributed by atoms with van der Waals surface area (Å²) in [6, 6.07) is 10.7. The molecule has 0 aliphatic carbocycles. The van der Waals surface area contributed by atoms with Crippen LogP contribution >= 0.6 is 22.9 Å². The Balaban J connectivity index is 1.87. The van der Waals surface area contributed by atoms with Gasteiger partial charge in [-0.15, -0.1) is 0 Å². The Morgan fingerprint density at radius 1 is 1.16 bits per heavy atom. The molecule has 38 heavy (non-hydrogen) atoms. The molecule has 198 valence electrons. The quantitative estimate of drug-likeness (QED) is 0.157. The number of benzene rings is 2. The van der Waals surface area contributed by atoms with Crippen LogP contribution in [0.2, 0.25) is 5.02 Å². The SMILES string of the molecule is CCCOc1ccc(/C(O)=C2/C(=O)C(=O)N(c3nc(C)c(C(=O)OCC)s3)C2c2cccc(Cl)c2)cc1C. The van der Waals surface area contributed by atoms with Crippen molar-refractivity contribution in [3.8, 4) is 5.75 Å². The van der Waals surface area contributed by atoms with Crippen LogP contribution in [-0.2, 0) is 14.3 Å². The molecule has 3 aromatic rings. The van der Waals surface area contributed by atoms with E-state index in [1.807, 2.05) is 13.8 Å². The fourth-order valence-electron chi connectivity index (χ4n) is 4.22. The highest BCUT2D eigenvalue weighted by Crippen LogP contribution is 2.44. The molecule has 0 radical (unpaired) electrons. The molecule has 1 atom stereocenters. The number of nitrogens with zero attached hydrogens (tertiary/aromatic N) is 2. The van der Waals surface area contributed by atoms with Gasteiger partial charge in [0.25, 0.3) is 5.78 Å². The van der Waals surface area contributed by atoms with Crippen molar-refractivity contribution >= 4 is 51.5 Å². The first-order chi connectivity index (χ1) is 18.2. The minimum absolute atomic E-state index is 0.107. The van der Waals surface area contributed by atoms with Gasteiger partial charge in [-0.1, -0.05) is 42.0 Å². The van der Waals surface area contributed by atoms with Gasteiger partial charge >= 0.3 is 11.9 Å². The van der Waals surface area contributed by atoms with Gasteiger partial charge in [-0.3, -0.25) is 14.5 Å². The summed E-state index contributed by atoms with van der Waals surface area (Å²) in [5.41, 5.74) is 1.89. The van der Waals surface area contributed by atoms with E-state index in [0.29, 0.717) is 34.2 Å². The van der Waals surface area contributed by atoms with E-state index in [1.54, 1.807) is 56.3 Å². The van der Waals surface area contributed by atoms with Crippen LogP contribution in [0, 0.1) is 13.8 Å². The average molecular weight is 555 g/mol. The van der Waals surface area contributed by atoms with Gasteiger partial charge in [-0.2, -0.15) is 0 Å². The molecule has 0 saturated carbocycles. The highest BCUT2D eigenvalue weighted by atomic mass is 35.5. The fraction of sp³-hybridized carbons (Fsp3) is 0.286. The lowest BCUT2D eigenvalue weighted by Crippen LogP contribution is -2.29. The molecule has 2 heterocycles. The van der Waals surface area contributed by atoms with Crippen molar-refractivity contribution in [3.05, 3.63) is 80.3 Å². The first-order valence-corrected chi connectivity index (χ1v) is 13.3. The van der Waals surface area contributed by atoms with Gasteiger partial charge in [0.2, 0.25) is 0 Å². The molecule has 1 aliphatic rings. The van der Waals surface area contributed by atoms with Gasteiger partial charge in [0, 0.05) is 10.6 Å². The number of hydrogen-bond donors (Lipinski definition) is 1. The van der Waals surface area contributed by atoms with Crippen LogP contribution in [0.3, 0.4) is 0 Å². The van der Waals surface area contributed by atoms with Gasteiger partial charge in [-0.25, -0.2) is 9.78 Å². The summed E-state index contributed by atoms with van der Waals surface area (Å²) in [5, 5.41) is 11.9. The van der Waals surface area contributed by atoms with E-state index in [9.17, 15) is 19.5 Å². The third kappa shape index (κ3) is 5.16. The van der Waals surface area contributed by atoms with Crippen molar-refractivity contribution < 1.29 is 29.0 Å². The molecule has 1 aromatic heterocycles. The monoisotopic (exact) mass is 554 g/mol. The standard InChI is InChI=1S/C28H27ClN2O6S/c1-5-12-37-20-11-10-18(13-15(20)3)23(32)21-22(17-8-7-9-19(29)14-17)31(26(34)24(21)33)28-30-16(4)25(38-28)27(35)36-6-2/h7-11,13-14,22,32H,5-6,12H2,1-4H3/b23-21-. The summed E-state index contributed by atoms with van der Waals surface area (Å²) >= 11 is 7.21. The second kappa shape index (κ2) is 11.4. The van der Waals surface area contributed by atoms with Crippen LogP contribution in [0.15, 0.2) is 48.0 Å². The number of ether oxygens (including phenoxy) is 2. The second-order valence-corrected chi connectivity index (χ2v) is 10.1. The zero-order valence-corrected chi connectivity index (χ0v) is 23.0. The largest absolute Gasteiger partial charge is 0.507 e. The molecule has 1 fully saturated rings. The minimum atomic E-state index is -1.02.